The summed E-state index contributed by atoms with van der Waals surface area (Å²) < 4.78 is 11.9. The SMILES string of the molecule is CC(C)N1C(=O)c2cccc(NC(=O)c3ccncc3)c2O[C@H](CN(C)C(=O)OC(C)(C)C)[C@H]1C. The fraction of sp³-hybridized carbons (Fsp3) is 0.462. The zero-order chi connectivity index (χ0) is 25.9. The lowest BCUT2D eigenvalue weighted by Crippen LogP contribution is -2.52. The lowest BCUT2D eigenvalue weighted by Gasteiger charge is -2.36. The van der Waals surface area contributed by atoms with Crippen LogP contribution in [-0.2, 0) is 4.74 Å². The number of benzene rings is 1. The van der Waals surface area contributed by atoms with Crippen LogP contribution in [0.15, 0.2) is 42.7 Å². The average molecular weight is 483 g/mol. The normalized spacial score (nSPS) is 17.8. The second kappa shape index (κ2) is 10.3. The Hall–Kier alpha value is -3.62. The predicted octanol–water partition coefficient (Wildman–Crippen LogP) is 4.20. The van der Waals surface area contributed by atoms with Gasteiger partial charge in [-0.15, -0.1) is 0 Å². The van der Waals surface area contributed by atoms with E-state index in [4.69, 9.17) is 9.47 Å². The van der Waals surface area contributed by atoms with Gasteiger partial charge in [0.1, 0.15) is 11.7 Å². The highest BCUT2D eigenvalue weighted by Gasteiger charge is 2.39. The lowest BCUT2D eigenvalue weighted by atomic mass is 10.1. The van der Waals surface area contributed by atoms with Crippen molar-refractivity contribution in [1.29, 1.82) is 0 Å². The first-order chi connectivity index (χ1) is 16.4. The number of likely N-dealkylation sites (N-methyl/N-ethyl adjacent to an activating group) is 1. The molecular weight excluding hydrogens is 448 g/mol. The van der Waals surface area contributed by atoms with Crippen LogP contribution in [0.25, 0.3) is 0 Å². The Kier molecular flexibility index (Phi) is 7.67. The quantitative estimate of drug-likeness (QED) is 0.685. The van der Waals surface area contributed by atoms with E-state index in [1.165, 1.54) is 17.3 Å². The van der Waals surface area contributed by atoms with Gasteiger partial charge in [0.25, 0.3) is 11.8 Å². The van der Waals surface area contributed by atoms with Crippen LogP contribution in [0.3, 0.4) is 0 Å². The standard InChI is InChI=1S/C26H34N4O5/c1-16(2)30-17(3)21(15-29(7)25(33)35-26(4,5)6)34-22-19(24(30)32)9-8-10-20(22)28-23(31)18-11-13-27-14-12-18/h8-14,16-17,21H,15H2,1-7H3,(H,28,31)/t17-,21-/m1/s1. The summed E-state index contributed by atoms with van der Waals surface area (Å²) in [5.41, 5.74) is 0.509. The van der Waals surface area contributed by atoms with Gasteiger partial charge >= 0.3 is 6.09 Å². The fourth-order valence-corrected chi connectivity index (χ4v) is 3.96. The van der Waals surface area contributed by atoms with Gasteiger partial charge in [0.2, 0.25) is 0 Å². The predicted molar refractivity (Wildman–Crippen MR) is 133 cm³/mol. The number of fused-ring (bicyclic) bond motifs is 1. The summed E-state index contributed by atoms with van der Waals surface area (Å²) in [6.07, 6.45) is 2.01. The van der Waals surface area contributed by atoms with Crippen molar-refractivity contribution < 1.29 is 23.9 Å². The van der Waals surface area contributed by atoms with Crippen LogP contribution in [0.2, 0.25) is 0 Å². The molecule has 0 radical (unpaired) electrons. The van der Waals surface area contributed by atoms with Gasteiger partial charge in [-0.1, -0.05) is 6.07 Å². The van der Waals surface area contributed by atoms with Crippen LogP contribution >= 0.6 is 0 Å². The molecule has 0 saturated heterocycles. The number of nitrogens with one attached hydrogen (secondary N) is 1. The van der Waals surface area contributed by atoms with Crippen molar-refractivity contribution in [1.82, 2.24) is 14.8 Å². The van der Waals surface area contributed by atoms with Crippen molar-refractivity contribution >= 4 is 23.6 Å². The zero-order valence-corrected chi connectivity index (χ0v) is 21.4. The summed E-state index contributed by atoms with van der Waals surface area (Å²) in [5, 5.41) is 2.85. The molecule has 1 aromatic carbocycles. The first-order valence-corrected chi connectivity index (χ1v) is 11.7. The number of amides is 3. The van der Waals surface area contributed by atoms with Crippen molar-refractivity contribution in [2.45, 2.75) is 65.3 Å². The van der Waals surface area contributed by atoms with Gasteiger partial charge in [-0.25, -0.2) is 4.79 Å². The third-order valence-corrected chi connectivity index (χ3v) is 5.63. The Bertz CT molecular complexity index is 1080. The monoisotopic (exact) mass is 482 g/mol. The summed E-state index contributed by atoms with van der Waals surface area (Å²) in [5.74, 6) is -0.278. The van der Waals surface area contributed by atoms with Crippen molar-refractivity contribution in [2.75, 3.05) is 18.9 Å². The molecule has 3 rings (SSSR count). The van der Waals surface area contributed by atoms with Crippen LogP contribution in [0.4, 0.5) is 10.5 Å². The number of carbonyl (C=O) groups is 3. The molecule has 2 atom stereocenters. The molecule has 3 amide bonds. The van der Waals surface area contributed by atoms with E-state index < -0.39 is 17.8 Å². The number of aromatic nitrogens is 1. The van der Waals surface area contributed by atoms with Crippen LogP contribution < -0.4 is 10.1 Å². The van der Waals surface area contributed by atoms with Crippen molar-refractivity contribution in [2.24, 2.45) is 0 Å². The van der Waals surface area contributed by atoms with E-state index in [9.17, 15) is 14.4 Å². The van der Waals surface area contributed by atoms with Crippen molar-refractivity contribution in [3.63, 3.8) is 0 Å². The first kappa shape index (κ1) is 26.0. The lowest BCUT2D eigenvalue weighted by molar-refractivity contribution is 0.0125. The number of hydrogen-bond donors (Lipinski definition) is 1. The minimum absolute atomic E-state index is 0.114. The molecular formula is C26H34N4O5. The number of rotatable bonds is 5. The van der Waals surface area contributed by atoms with Crippen LogP contribution in [0.5, 0.6) is 5.75 Å². The van der Waals surface area contributed by atoms with Gasteiger partial charge in [-0.2, -0.15) is 0 Å². The third kappa shape index (κ3) is 6.09. The summed E-state index contributed by atoms with van der Waals surface area (Å²) >= 11 is 0. The minimum Gasteiger partial charge on any atom is -0.483 e. The molecule has 1 aliphatic heterocycles. The van der Waals surface area contributed by atoms with E-state index in [1.54, 1.807) is 63.1 Å². The number of para-hydroxylation sites is 1. The highest BCUT2D eigenvalue weighted by Crippen LogP contribution is 2.36. The summed E-state index contributed by atoms with van der Waals surface area (Å²) in [4.78, 5) is 46.1. The smallest absolute Gasteiger partial charge is 0.410 e. The number of hydrogen-bond acceptors (Lipinski definition) is 6. The number of carbonyl (C=O) groups excluding carboxylic acids is 3. The molecule has 2 heterocycles. The highest BCUT2D eigenvalue weighted by atomic mass is 16.6. The van der Waals surface area contributed by atoms with Crippen molar-refractivity contribution in [3.8, 4) is 5.75 Å². The maximum atomic E-state index is 13.6. The van der Waals surface area contributed by atoms with Crippen LogP contribution in [0, 0.1) is 0 Å². The molecule has 9 nitrogen and oxygen atoms in total. The number of anilines is 1. The summed E-state index contributed by atoms with van der Waals surface area (Å²) in [7, 11) is 1.63. The zero-order valence-electron chi connectivity index (χ0n) is 21.4. The highest BCUT2D eigenvalue weighted by molar-refractivity contribution is 6.07. The maximum absolute atomic E-state index is 13.6. The Balaban J connectivity index is 1.96. The molecule has 1 aromatic heterocycles. The molecule has 0 bridgehead atoms. The van der Waals surface area contributed by atoms with E-state index >= 15 is 0 Å². The second-order valence-corrected chi connectivity index (χ2v) is 9.94. The van der Waals surface area contributed by atoms with E-state index in [2.05, 4.69) is 10.3 Å². The molecule has 0 unspecified atom stereocenters. The molecule has 35 heavy (non-hydrogen) atoms. The van der Waals surface area contributed by atoms with Gasteiger partial charge in [0, 0.05) is 31.0 Å². The van der Waals surface area contributed by atoms with Crippen LogP contribution in [0.1, 0.15) is 62.3 Å². The molecule has 2 aromatic rings. The Morgan fingerprint density at radius 3 is 2.46 bits per heavy atom. The molecule has 0 fully saturated rings. The molecule has 1 N–H and O–H groups in total. The molecule has 1 aliphatic rings. The molecule has 9 heteroatoms. The topological polar surface area (TPSA) is 101 Å². The average Bonchev–Trinajstić information content (AvgIpc) is 2.88. The third-order valence-electron chi connectivity index (χ3n) is 5.63. The van der Waals surface area contributed by atoms with Crippen molar-refractivity contribution in [3.05, 3.63) is 53.9 Å². The van der Waals surface area contributed by atoms with E-state index in [0.717, 1.165) is 0 Å². The molecule has 188 valence electrons. The second-order valence-electron chi connectivity index (χ2n) is 9.94. The van der Waals surface area contributed by atoms with Crippen LogP contribution in [-0.4, -0.2) is 70.1 Å². The van der Waals surface area contributed by atoms with Gasteiger partial charge < -0.3 is 24.6 Å². The Labute approximate surface area is 206 Å². The van der Waals surface area contributed by atoms with E-state index in [1.807, 2.05) is 20.8 Å². The van der Waals surface area contributed by atoms with Gasteiger partial charge in [0.15, 0.2) is 5.75 Å². The number of ether oxygens (including phenoxy) is 2. The van der Waals surface area contributed by atoms with Gasteiger partial charge in [-0.05, 0) is 65.8 Å². The molecule has 0 saturated carbocycles. The maximum Gasteiger partial charge on any atom is 0.410 e. The molecule has 0 aliphatic carbocycles. The summed E-state index contributed by atoms with van der Waals surface area (Å²) in [6.45, 7) is 11.3. The van der Waals surface area contributed by atoms with E-state index in [-0.39, 0.29) is 36.2 Å². The Morgan fingerprint density at radius 1 is 1.20 bits per heavy atom. The minimum atomic E-state index is -0.641. The van der Waals surface area contributed by atoms with Gasteiger partial charge in [-0.3, -0.25) is 14.6 Å². The van der Waals surface area contributed by atoms with E-state index in [0.29, 0.717) is 16.8 Å². The number of nitrogens with zero attached hydrogens (tertiary/aromatic N) is 3. The number of pyridine rings is 1. The fourth-order valence-electron chi connectivity index (χ4n) is 3.96. The largest absolute Gasteiger partial charge is 0.483 e. The Morgan fingerprint density at radius 2 is 1.86 bits per heavy atom. The first-order valence-electron chi connectivity index (χ1n) is 11.7. The molecule has 0 spiro atoms. The summed E-state index contributed by atoms with van der Waals surface area (Å²) in [6, 6.07) is 7.81. The van der Waals surface area contributed by atoms with Gasteiger partial charge in [0.05, 0.1) is 23.8 Å².